The smallest absolute Gasteiger partial charge is 0.220 e. The fourth-order valence-electron chi connectivity index (χ4n) is 2.19. The predicted molar refractivity (Wildman–Crippen MR) is 76.4 cm³/mol. The maximum Gasteiger partial charge on any atom is 0.220 e. The van der Waals surface area contributed by atoms with Gasteiger partial charge in [0.15, 0.2) is 0 Å². The lowest BCUT2D eigenvalue weighted by Crippen LogP contribution is -2.30. The number of hydrogen-bond donors (Lipinski definition) is 2. The van der Waals surface area contributed by atoms with Gasteiger partial charge in [0.05, 0.1) is 0 Å². The van der Waals surface area contributed by atoms with E-state index in [1.165, 1.54) is 12.0 Å². The minimum absolute atomic E-state index is 0.155. The number of carbonyl (C=O) groups excluding carboxylic acids is 1. The molecule has 1 aromatic carbocycles. The Hall–Kier alpha value is -0.870. The summed E-state index contributed by atoms with van der Waals surface area (Å²) in [6, 6.07) is 8.12. The van der Waals surface area contributed by atoms with Crippen molar-refractivity contribution in [3.8, 4) is 0 Å². The summed E-state index contributed by atoms with van der Waals surface area (Å²) in [5.74, 6) is 0.765. The predicted octanol–water partition coefficient (Wildman–Crippen LogP) is 2.11. The van der Waals surface area contributed by atoms with Gasteiger partial charge in [-0.2, -0.15) is 0 Å². The van der Waals surface area contributed by atoms with Gasteiger partial charge in [0.1, 0.15) is 0 Å². The molecule has 2 rings (SSSR count). The van der Waals surface area contributed by atoms with Crippen LogP contribution in [0.2, 0.25) is 0 Å². The summed E-state index contributed by atoms with van der Waals surface area (Å²) in [5.41, 5.74) is 1.20. The van der Waals surface area contributed by atoms with E-state index in [0.29, 0.717) is 12.3 Å². The second-order valence-corrected chi connectivity index (χ2v) is 5.71. The maximum atomic E-state index is 11.7. The van der Waals surface area contributed by atoms with E-state index in [2.05, 4.69) is 38.7 Å². The molecule has 3 nitrogen and oxygen atoms in total. The van der Waals surface area contributed by atoms with Crippen LogP contribution in [0.25, 0.3) is 0 Å². The first-order valence-corrected chi connectivity index (χ1v) is 7.25. The molecule has 1 aliphatic heterocycles. The van der Waals surface area contributed by atoms with Crippen LogP contribution in [0, 0.1) is 5.92 Å². The van der Waals surface area contributed by atoms with E-state index < -0.39 is 0 Å². The molecule has 0 bridgehead atoms. The van der Waals surface area contributed by atoms with Crippen LogP contribution in [0.4, 0.5) is 0 Å². The number of hydrogen-bond acceptors (Lipinski definition) is 2. The van der Waals surface area contributed by atoms with Gasteiger partial charge in [-0.15, -0.1) is 0 Å². The Morgan fingerprint density at radius 1 is 1.50 bits per heavy atom. The Bertz CT molecular complexity index is 403. The third kappa shape index (κ3) is 4.42. The van der Waals surface area contributed by atoms with E-state index in [4.69, 9.17) is 0 Å². The lowest BCUT2D eigenvalue weighted by atomic mass is 10.1. The first kappa shape index (κ1) is 13.6. The minimum atomic E-state index is 0.155. The quantitative estimate of drug-likeness (QED) is 0.874. The molecule has 1 amide bonds. The highest BCUT2D eigenvalue weighted by molar-refractivity contribution is 9.10. The summed E-state index contributed by atoms with van der Waals surface area (Å²) in [5, 5.41) is 6.32. The lowest BCUT2D eigenvalue weighted by Gasteiger charge is -2.10. The van der Waals surface area contributed by atoms with Gasteiger partial charge in [0.2, 0.25) is 5.91 Å². The molecular formula is C14H19BrN2O. The second-order valence-electron chi connectivity index (χ2n) is 4.79. The van der Waals surface area contributed by atoms with E-state index in [0.717, 1.165) is 30.5 Å². The molecule has 0 radical (unpaired) electrons. The van der Waals surface area contributed by atoms with Crippen molar-refractivity contribution < 1.29 is 4.79 Å². The largest absolute Gasteiger partial charge is 0.356 e. The molecule has 0 aromatic heterocycles. The third-order valence-electron chi connectivity index (χ3n) is 3.28. The molecule has 18 heavy (non-hydrogen) atoms. The molecule has 4 heteroatoms. The maximum absolute atomic E-state index is 11.7. The molecule has 98 valence electrons. The summed E-state index contributed by atoms with van der Waals surface area (Å²) in [4.78, 5) is 11.7. The zero-order valence-corrected chi connectivity index (χ0v) is 12.0. The highest BCUT2D eigenvalue weighted by Gasteiger charge is 2.14. The van der Waals surface area contributed by atoms with Gasteiger partial charge < -0.3 is 10.6 Å². The van der Waals surface area contributed by atoms with Gasteiger partial charge >= 0.3 is 0 Å². The summed E-state index contributed by atoms with van der Waals surface area (Å²) in [6.45, 7) is 2.93. The van der Waals surface area contributed by atoms with Crippen LogP contribution < -0.4 is 10.6 Å². The van der Waals surface area contributed by atoms with Crippen LogP contribution in [-0.2, 0) is 11.2 Å². The van der Waals surface area contributed by atoms with Crippen LogP contribution in [0.15, 0.2) is 28.7 Å². The zero-order chi connectivity index (χ0) is 12.8. The molecule has 0 aliphatic carbocycles. The fourth-order valence-corrected chi connectivity index (χ4v) is 2.63. The summed E-state index contributed by atoms with van der Waals surface area (Å²) < 4.78 is 1.07. The number of carbonyl (C=O) groups is 1. The van der Waals surface area contributed by atoms with Crippen molar-refractivity contribution in [1.29, 1.82) is 0 Å². The van der Waals surface area contributed by atoms with Crippen LogP contribution in [-0.4, -0.2) is 25.5 Å². The van der Waals surface area contributed by atoms with Gasteiger partial charge in [-0.3, -0.25) is 4.79 Å². The van der Waals surface area contributed by atoms with E-state index in [1.54, 1.807) is 0 Å². The van der Waals surface area contributed by atoms with E-state index in [-0.39, 0.29) is 5.91 Å². The van der Waals surface area contributed by atoms with Crippen LogP contribution in [0.5, 0.6) is 0 Å². The zero-order valence-electron chi connectivity index (χ0n) is 10.4. The molecule has 1 heterocycles. The molecular weight excluding hydrogens is 292 g/mol. The average Bonchev–Trinajstić information content (AvgIpc) is 2.87. The first-order chi connectivity index (χ1) is 8.74. The van der Waals surface area contributed by atoms with Gasteiger partial charge in [-0.05, 0) is 49.5 Å². The normalized spacial score (nSPS) is 18.8. The third-order valence-corrected chi connectivity index (χ3v) is 3.77. The Labute approximate surface area is 116 Å². The SMILES string of the molecule is O=C(CCc1cccc(Br)c1)NCC1CCNC1. The van der Waals surface area contributed by atoms with Gasteiger partial charge in [0, 0.05) is 17.4 Å². The lowest BCUT2D eigenvalue weighted by molar-refractivity contribution is -0.121. The number of halogens is 1. The van der Waals surface area contributed by atoms with Crippen molar-refractivity contribution in [3.63, 3.8) is 0 Å². The minimum Gasteiger partial charge on any atom is -0.356 e. The molecule has 0 spiro atoms. The van der Waals surface area contributed by atoms with E-state index in [9.17, 15) is 4.79 Å². The average molecular weight is 311 g/mol. The van der Waals surface area contributed by atoms with Gasteiger partial charge in [0.25, 0.3) is 0 Å². The van der Waals surface area contributed by atoms with Crippen molar-refractivity contribution >= 4 is 21.8 Å². The first-order valence-electron chi connectivity index (χ1n) is 6.46. The Morgan fingerprint density at radius 3 is 3.11 bits per heavy atom. The second kappa shape index (κ2) is 6.90. The Kier molecular flexibility index (Phi) is 5.20. The number of amides is 1. The Morgan fingerprint density at radius 2 is 2.39 bits per heavy atom. The van der Waals surface area contributed by atoms with Gasteiger partial charge in [-0.1, -0.05) is 28.1 Å². The molecule has 0 saturated carbocycles. The van der Waals surface area contributed by atoms with E-state index in [1.807, 2.05) is 12.1 Å². The summed E-state index contributed by atoms with van der Waals surface area (Å²) >= 11 is 3.44. The number of benzene rings is 1. The number of rotatable bonds is 5. The highest BCUT2D eigenvalue weighted by atomic mass is 79.9. The van der Waals surface area contributed by atoms with Crippen LogP contribution in [0.3, 0.4) is 0 Å². The van der Waals surface area contributed by atoms with Crippen LogP contribution in [0.1, 0.15) is 18.4 Å². The Balaban J connectivity index is 1.68. The molecule has 1 atom stereocenters. The molecule has 1 aliphatic rings. The highest BCUT2D eigenvalue weighted by Crippen LogP contribution is 2.13. The van der Waals surface area contributed by atoms with Crippen molar-refractivity contribution in [2.75, 3.05) is 19.6 Å². The fraction of sp³-hybridized carbons (Fsp3) is 0.500. The topological polar surface area (TPSA) is 41.1 Å². The standard InChI is InChI=1S/C14H19BrN2O/c15-13-3-1-2-11(8-13)4-5-14(18)17-10-12-6-7-16-9-12/h1-3,8,12,16H,4-7,9-10H2,(H,17,18). The van der Waals surface area contributed by atoms with Crippen molar-refractivity contribution in [2.45, 2.75) is 19.3 Å². The van der Waals surface area contributed by atoms with Crippen LogP contribution >= 0.6 is 15.9 Å². The summed E-state index contributed by atoms with van der Waals surface area (Å²) in [6.07, 6.45) is 2.54. The molecule has 2 N–H and O–H groups in total. The molecule has 1 fully saturated rings. The van der Waals surface area contributed by atoms with Gasteiger partial charge in [-0.25, -0.2) is 0 Å². The molecule has 1 saturated heterocycles. The number of aryl methyl sites for hydroxylation is 1. The molecule has 1 unspecified atom stereocenters. The van der Waals surface area contributed by atoms with Crippen molar-refractivity contribution in [3.05, 3.63) is 34.3 Å². The van der Waals surface area contributed by atoms with Crippen molar-refractivity contribution in [1.82, 2.24) is 10.6 Å². The van der Waals surface area contributed by atoms with Crippen molar-refractivity contribution in [2.24, 2.45) is 5.92 Å². The number of nitrogens with one attached hydrogen (secondary N) is 2. The monoisotopic (exact) mass is 310 g/mol. The molecule has 1 aromatic rings. The summed E-state index contributed by atoms with van der Waals surface area (Å²) in [7, 11) is 0. The van der Waals surface area contributed by atoms with E-state index >= 15 is 0 Å².